The van der Waals surface area contributed by atoms with E-state index in [1.165, 1.54) is 0 Å². The molecule has 0 atom stereocenters. The third kappa shape index (κ3) is 4.12. The second kappa shape index (κ2) is 7.04. The monoisotopic (exact) mass is 344 g/mol. The molecule has 3 heterocycles. The van der Waals surface area contributed by atoms with Gasteiger partial charge >= 0.3 is 0 Å². The Labute approximate surface area is 149 Å². The predicted molar refractivity (Wildman–Crippen MR) is 96.4 cm³/mol. The van der Waals surface area contributed by atoms with Crippen LogP contribution >= 0.6 is 0 Å². The zero-order valence-electron chi connectivity index (χ0n) is 15.7. The molecule has 3 rings (SSSR count). The Hall–Kier alpha value is -2.08. The second-order valence-corrected chi connectivity index (χ2v) is 7.79. The van der Waals surface area contributed by atoms with E-state index in [0.29, 0.717) is 5.69 Å². The Morgan fingerprint density at radius 2 is 2.04 bits per heavy atom. The van der Waals surface area contributed by atoms with Gasteiger partial charge in [0.15, 0.2) is 0 Å². The Kier molecular flexibility index (Phi) is 4.99. The van der Waals surface area contributed by atoms with E-state index in [0.717, 1.165) is 50.6 Å². The van der Waals surface area contributed by atoms with Crippen molar-refractivity contribution in [3.8, 4) is 0 Å². The lowest BCUT2D eigenvalue weighted by Crippen LogP contribution is -2.36. The van der Waals surface area contributed by atoms with Gasteiger partial charge in [0.05, 0.1) is 18.5 Å². The van der Waals surface area contributed by atoms with Crippen LogP contribution < -0.4 is 0 Å². The van der Waals surface area contributed by atoms with Crippen LogP contribution in [0.3, 0.4) is 0 Å². The Balaban J connectivity index is 1.66. The predicted octanol–water partition coefficient (Wildman–Crippen LogP) is 2.66. The molecule has 0 N–H and O–H groups in total. The first-order valence-electron chi connectivity index (χ1n) is 8.93. The Morgan fingerprint density at radius 1 is 1.24 bits per heavy atom. The molecule has 0 bridgehead atoms. The van der Waals surface area contributed by atoms with E-state index >= 15 is 0 Å². The van der Waals surface area contributed by atoms with Crippen LogP contribution in [0, 0.1) is 0 Å². The van der Waals surface area contributed by atoms with Gasteiger partial charge in [0.1, 0.15) is 11.5 Å². The van der Waals surface area contributed by atoms with Crippen LogP contribution in [0.4, 0.5) is 0 Å². The summed E-state index contributed by atoms with van der Waals surface area (Å²) in [6.07, 6.45) is 2.68. The van der Waals surface area contributed by atoms with Crippen LogP contribution in [0.1, 0.15) is 49.1 Å². The van der Waals surface area contributed by atoms with Crippen molar-refractivity contribution in [2.45, 2.75) is 39.2 Å². The molecule has 1 aliphatic rings. The number of nitrogens with zero attached hydrogens (tertiary/aromatic N) is 4. The summed E-state index contributed by atoms with van der Waals surface area (Å²) < 4.78 is 7.15. The molecule has 0 saturated carbocycles. The minimum atomic E-state index is -0.0606. The maximum atomic E-state index is 13.0. The first-order chi connectivity index (χ1) is 11.8. The number of carbonyl (C=O) groups is 1. The van der Waals surface area contributed by atoms with Gasteiger partial charge in [-0.25, -0.2) is 0 Å². The summed E-state index contributed by atoms with van der Waals surface area (Å²) in [4.78, 5) is 17.3. The molecule has 2 aromatic heterocycles. The van der Waals surface area contributed by atoms with E-state index < -0.39 is 0 Å². The van der Waals surface area contributed by atoms with E-state index in [2.05, 4.69) is 30.8 Å². The standard InChI is InChI=1S/C19H28N4O2/c1-19(2,3)17-13-16(21(4)20-17)18(24)23-9-6-8-22(10-11-23)14-15-7-5-12-25-15/h5,7,12-13H,6,8-11,14H2,1-4H3. The van der Waals surface area contributed by atoms with E-state index in [9.17, 15) is 4.79 Å². The van der Waals surface area contributed by atoms with Crippen LogP contribution in [0.25, 0.3) is 0 Å². The zero-order valence-corrected chi connectivity index (χ0v) is 15.7. The van der Waals surface area contributed by atoms with Gasteiger partial charge in [0.25, 0.3) is 5.91 Å². The van der Waals surface area contributed by atoms with Crippen molar-refractivity contribution in [1.82, 2.24) is 19.6 Å². The molecule has 1 amide bonds. The summed E-state index contributed by atoms with van der Waals surface area (Å²) in [6, 6.07) is 5.85. The minimum Gasteiger partial charge on any atom is -0.468 e. The lowest BCUT2D eigenvalue weighted by molar-refractivity contribution is 0.0749. The van der Waals surface area contributed by atoms with Crippen LogP contribution in [-0.4, -0.2) is 51.7 Å². The number of carbonyl (C=O) groups excluding carboxylic acids is 1. The molecule has 25 heavy (non-hydrogen) atoms. The minimum absolute atomic E-state index is 0.0606. The Bertz CT molecular complexity index is 712. The number of hydrogen-bond donors (Lipinski definition) is 0. The van der Waals surface area contributed by atoms with Crippen molar-refractivity contribution in [2.24, 2.45) is 7.05 Å². The fourth-order valence-electron chi connectivity index (χ4n) is 3.15. The number of hydrogen-bond acceptors (Lipinski definition) is 4. The summed E-state index contributed by atoms with van der Waals surface area (Å²) in [6.45, 7) is 10.5. The molecule has 6 nitrogen and oxygen atoms in total. The molecule has 1 fully saturated rings. The maximum Gasteiger partial charge on any atom is 0.272 e. The molecule has 136 valence electrons. The number of rotatable bonds is 3. The molecule has 2 aromatic rings. The topological polar surface area (TPSA) is 54.5 Å². The van der Waals surface area contributed by atoms with E-state index in [1.54, 1.807) is 10.9 Å². The molecule has 0 spiro atoms. The second-order valence-electron chi connectivity index (χ2n) is 7.79. The zero-order chi connectivity index (χ0) is 18.0. The van der Waals surface area contributed by atoms with Crippen molar-refractivity contribution >= 4 is 5.91 Å². The summed E-state index contributed by atoms with van der Waals surface area (Å²) >= 11 is 0. The SMILES string of the molecule is Cn1nc(C(C)(C)C)cc1C(=O)N1CCCN(Cc2ccco2)CC1. The van der Waals surface area contributed by atoms with Gasteiger partial charge < -0.3 is 9.32 Å². The third-order valence-electron chi connectivity index (χ3n) is 4.70. The largest absolute Gasteiger partial charge is 0.468 e. The highest BCUT2D eigenvalue weighted by Crippen LogP contribution is 2.22. The van der Waals surface area contributed by atoms with Gasteiger partial charge in [-0.3, -0.25) is 14.4 Å². The molecule has 0 aliphatic carbocycles. The molecular weight excluding hydrogens is 316 g/mol. The molecule has 0 unspecified atom stereocenters. The fourth-order valence-corrected chi connectivity index (χ4v) is 3.15. The average molecular weight is 344 g/mol. The van der Waals surface area contributed by atoms with Crippen molar-refractivity contribution < 1.29 is 9.21 Å². The molecule has 0 radical (unpaired) electrons. The van der Waals surface area contributed by atoms with Crippen LogP contribution in [-0.2, 0) is 19.0 Å². The lowest BCUT2D eigenvalue weighted by atomic mass is 9.92. The van der Waals surface area contributed by atoms with Gasteiger partial charge in [-0.15, -0.1) is 0 Å². The fraction of sp³-hybridized carbons (Fsp3) is 0.579. The molecular formula is C19H28N4O2. The van der Waals surface area contributed by atoms with Crippen LogP contribution in [0.5, 0.6) is 0 Å². The smallest absolute Gasteiger partial charge is 0.272 e. The molecule has 6 heteroatoms. The van der Waals surface area contributed by atoms with Crippen LogP contribution in [0.2, 0.25) is 0 Å². The molecule has 1 aliphatic heterocycles. The first kappa shape index (κ1) is 17.7. The van der Waals surface area contributed by atoms with Gasteiger partial charge in [-0.05, 0) is 24.6 Å². The van der Waals surface area contributed by atoms with Crippen molar-refractivity contribution in [2.75, 3.05) is 26.2 Å². The highest BCUT2D eigenvalue weighted by Gasteiger charge is 2.26. The number of furan rings is 1. The quantitative estimate of drug-likeness (QED) is 0.859. The van der Waals surface area contributed by atoms with Gasteiger partial charge in [0.2, 0.25) is 0 Å². The van der Waals surface area contributed by atoms with Crippen LogP contribution in [0.15, 0.2) is 28.9 Å². The number of aromatic nitrogens is 2. The summed E-state index contributed by atoms with van der Waals surface area (Å²) in [5.41, 5.74) is 1.56. The summed E-state index contributed by atoms with van der Waals surface area (Å²) in [5, 5.41) is 4.53. The number of aryl methyl sites for hydroxylation is 1. The van der Waals surface area contributed by atoms with E-state index in [-0.39, 0.29) is 11.3 Å². The maximum absolute atomic E-state index is 13.0. The van der Waals surface area contributed by atoms with Crippen molar-refractivity contribution in [3.63, 3.8) is 0 Å². The third-order valence-corrected chi connectivity index (χ3v) is 4.70. The Morgan fingerprint density at radius 3 is 2.68 bits per heavy atom. The highest BCUT2D eigenvalue weighted by molar-refractivity contribution is 5.92. The summed E-state index contributed by atoms with van der Waals surface area (Å²) in [5.74, 6) is 1.05. The molecule has 0 aromatic carbocycles. The van der Waals surface area contributed by atoms with E-state index in [1.807, 2.05) is 30.1 Å². The lowest BCUT2D eigenvalue weighted by Gasteiger charge is -2.21. The van der Waals surface area contributed by atoms with Gasteiger partial charge in [0, 0.05) is 38.6 Å². The van der Waals surface area contributed by atoms with Gasteiger partial charge in [-0.2, -0.15) is 5.10 Å². The van der Waals surface area contributed by atoms with Crippen molar-refractivity contribution in [3.05, 3.63) is 41.6 Å². The van der Waals surface area contributed by atoms with Gasteiger partial charge in [-0.1, -0.05) is 20.8 Å². The highest BCUT2D eigenvalue weighted by atomic mass is 16.3. The normalized spacial score (nSPS) is 16.9. The average Bonchev–Trinajstić information content (AvgIpc) is 3.12. The van der Waals surface area contributed by atoms with E-state index in [4.69, 9.17) is 4.42 Å². The molecule has 1 saturated heterocycles. The first-order valence-corrected chi connectivity index (χ1v) is 8.93. The summed E-state index contributed by atoms with van der Waals surface area (Å²) in [7, 11) is 1.85. The van der Waals surface area contributed by atoms with Crippen molar-refractivity contribution in [1.29, 1.82) is 0 Å². The number of amides is 1.